The van der Waals surface area contributed by atoms with Crippen LogP contribution < -0.4 is 5.32 Å². The van der Waals surface area contributed by atoms with Crippen molar-refractivity contribution in [3.05, 3.63) is 59.9 Å². The molecule has 0 radical (unpaired) electrons. The number of aryl methyl sites for hydroxylation is 1. The Morgan fingerprint density at radius 2 is 1.96 bits per heavy atom. The summed E-state index contributed by atoms with van der Waals surface area (Å²) in [5, 5.41) is 2.70. The van der Waals surface area contributed by atoms with E-state index >= 15 is 0 Å². The van der Waals surface area contributed by atoms with E-state index in [2.05, 4.69) is 9.71 Å². The monoisotopic (exact) mass is 403 g/mol. The summed E-state index contributed by atoms with van der Waals surface area (Å²) in [6.07, 6.45) is 2.18. The number of halogens is 1. The Labute approximate surface area is 164 Å². The van der Waals surface area contributed by atoms with Crippen LogP contribution in [0, 0.1) is 5.82 Å². The van der Waals surface area contributed by atoms with Gasteiger partial charge in [0.25, 0.3) is 10.0 Å². The summed E-state index contributed by atoms with van der Waals surface area (Å²) in [4.78, 5) is 14.0. The molecule has 0 bridgehead atoms. The molecule has 3 rings (SSSR count). The van der Waals surface area contributed by atoms with Crippen molar-refractivity contribution in [1.82, 2.24) is 4.90 Å². The molecular formula is C20H22FN3O3S. The van der Waals surface area contributed by atoms with Gasteiger partial charge in [0.1, 0.15) is 11.7 Å². The van der Waals surface area contributed by atoms with Gasteiger partial charge in [0.15, 0.2) is 0 Å². The van der Waals surface area contributed by atoms with Gasteiger partial charge in [-0.25, -0.2) is 4.39 Å². The largest absolute Gasteiger partial charge is 0.362 e. The van der Waals surface area contributed by atoms with Crippen molar-refractivity contribution in [3.63, 3.8) is 0 Å². The number of likely N-dealkylation sites (tertiary alicyclic amines) is 1. The maximum atomic E-state index is 12.9. The van der Waals surface area contributed by atoms with Crippen LogP contribution in [0.25, 0.3) is 0 Å². The smallest absolute Gasteiger partial charge is 0.284 e. The summed E-state index contributed by atoms with van der Waals surface area (Å²) in [5.74, 6) is -0.0203. The molecule has 148 valence electrons. The van der Waals surface area contributed by atoms with Crippen LogP contribution in [-0.2, 0) is 21.2 Å². The molecule has 0 unspecified atom stereocenters. The second kappa shape index (κ2) is 8.52. The highest BCUT2D eigenvalue weighted by Crippen LogP contribution is 2.20. The van der Waals surface area contributed by atoms with Crippen LogP contribution >= 0.6 is 0 Å². The van der Waals surface area contributed by atoms with Crippen LogP contribution in [0.15, 0.2) is 57.8 Å². The summed E-state index contributed by atoms with van der Waals surface area (Å²) in [5.41, 5.74) is 1.24. The number of amidine groups is 1. The van der Waals surface area contributed by atoms with Crippen LogP contribution in [0.3, 0.4) is 0 Å². The Morgan fingerprint density at radius 1 is 1.21 bits per heavy atom. The van der Waals surface area contributed by atoms with E-state index in [0.717, 1.165) is 18.5 Å². The van der Waals surface area contributed by atoms with Crippen molar-refractivity contribution in [2.45, 2.75) is 30.6 Å². The Balaban J connectivity index is 1.65. The molecule has 0 atom stereocenters. The quantitative estimate of drug-likeness (QED) is 0.803. The molecule has 0 aliphatic carbocycles. The number of nitrogens with zero attached hydrogens (tertiary/aromatic N) is 2. The van der Waals surface area contributed by atoms with Gasteiger partial charge < -0.3 is 10.2 Å². The van der Waals surface area contributed by atoms with Crippen molar-refractivity contribution in [3.8, 4) is 0 Å². The Morgan fingerprint density at radius 3 is 2.64 bits per heavy atom. The van der Waals surface area contributed by atoms with Crippen LogP contribution in [0.5, 0.6) is 0 Å². The number of sulfonamides is 1. The number of hydrogen-bond donors (Lipinski definition) is 1. The van der Waals surface area contributed by atoms with Gasteiger partial charge >= 0.3 is 0 Å². The molecule has 1 amide bonds. The van der Waals surface area contributed by atoms with E-state index in [4.69, 9.17) is 0 Å². The zero-order valence-electron chi connectivity index (χ0n) is 15.6. The first kappa shape index (κ1) is 20.0. The Hall–Kier alpha value is -2.74. The van der Waals surface area contributed by atoms with Gasteiger partial charge in [-0.05, 0) is 48.7 Å². The molecule has 2 aromatic rings. The molecule has 0 saturated carbocycles. The first-order valence-corrected chi connectivity index (χ1v) is 10.5. The molecule has 1 N–H and O–H groups in total. The third kappa shape index (κ3) is 5.16. The van der Waals surface area contributed by atoms with Gasteiger partial charge in [-0.2, -0.15) is 8.42 Å². The molecule has 1 heterocycles. The summed E-state index contributed by atoms with van der Waals surface area (Å²) in [6, 6.07) is 12.0. The maximum Gasteiger partial charge on any atom is 0.284 e. The van der Waals surface area contributed by atoms with Crippen molar-refractivity contribution >= 4 is 27.5 Å². The van der Waals surface area contributed by atoms with Gasteiger partial charge in [-0.15, -0.1) is 4.40 Å². The molecule has 6 nitrogen and oxygen atoms in total. The fourth-order valence-corrected chi connectivity index (χ4v) is 4.11. The Kier molecular flexibility index (Phi) is 6.08. The number of carbonyl (C=O) groups excluding carboxylic acids is 1. The number of nitrogens with one attached hydrogen (secondary N) is 1. The highest BCUT2D eigenvalue weighted by atomic mass is 32.2. The van der Waals surface area contributed by atoms with E-state index < -0.39 is 10.0 Å². The minimum absolute atomic E-state index is 0.0386. The summed E-state index contributed by atoms with van der Waals surface area (Å²) < 4.78 is 42.0. The minimum Gasteiger partial charge on any atom is -0.362 e. The van der Waals surface area contributed by atoms with E-state index in [1.807, 2.05) is 11.9 Å². The molecule has 2 aromatic carbocycles. The van der Waals surface area contributed by atoms with Crippen molar-refractivity contribution in [2.24, 2.45) is 4.40 Å². The molecule has 1 aliphatic heterocycles. The zero-order chi connectivity index (χ0) is 20.1. The van der Waals surface area contributed by atoms with Gasteiger partial charge in [-0.3, -0.25) is 4.79 Å². The van der Waals surface area contributed by atoms with Crippen molar-refractivity contribution in [1.29, 1.82) is 0 Å². The lowest BCUT2D eigenvalue weighted by molar-refractivity contribution is -0.116. The average molecular weight is 403 g/mol. The van der Waals surface area contributed by atoms with E-state index in [1.165, 1.54) is 24.3 Å². The minimum atomic E-state index is -3.83. The number of hydrogen-bond acceptors (Lipinski definition) is 3. The number of carbonyl (C=O) groups is 1. The lowest BCUT2D eigenvalue weighted by atomic mass is 10.1. The third-order valence-corrected chi connectivity index (χ3v) is 5.83. The number of benzene rings is 2. The maximum absolute atomic E-state index is 12.9. The number of anilines is 1. The third-order valence-electron chi connectivity index (χ3n) is 4.53. The van der Waals surface area contributed by atoms with Gasteiger partial charge in [0.2, 0.25) is 5.91 Å². The molecule has 0 spiro atoms. The van der Waals surface area contributed by atoms with Crippen LogP contribution in [0.2, 0.25) is 0 Å². The number of amides is 1. The first-order chi connectivity index (χ1) is 13.3. The second-order valence-corrected chi connectivity index (χ2v) is 8.31. The van der Waals surface area contributed by atoms with Crippen LogP contribution in [-0.4, -0.2) is 38.7 Å². The predicted octanol–water partition coefficient (Wildman–Crippen LogP) is 3.21. The van der Waals surface area contributed by atoms with Gasteiger partial charge in [0, 0.05) is 32.1 Å². The van der Waals surface area contributed by atoms with E-state index in [0.29, 0.717) is 24.4 Å². The van der Waals surface area contributed by atoms with Gasteiger partial charge in [0.05, 0.1) is 4.90 Å². The number of rotatable bonds is 6. The van der Waals surface area contributed by atoms with Crippen LogP contribution in [0.4, 0.5) is 10.1 Å². The van der Waals surface area contributed by atoms with E-state index in [1.54, 1.807) is 24.3 Å². The van der Waals surface area contributed by atoms with Gasteiger partial charge in [-0.1, -0.05) is 18.2 Å². The molecule has 0 aromatic heterocycles. The molecule has 1 aliphatic rings. The lowest BCUT2D eigenvalue weighted by Gasteiger charge is -2.11. The predicted molar refractivity (Wildman–Crippen MR) is 106 cm³/mol. The normalized spacial score (nSPS) is 15.8. The fourth-order valence-electron chi connectivity index (χ4n) is 2.97. The second-order valence-electron chi connectivity index (χ2n) is 6.71. The molecule has 1 fully saturated rings. The topological polar surface area (TPSA) is 78.8 Å². The lowest BCUT2D eigenvalue weighted by Crippen LogP contribution is -2.20. The molecule has 8 heteroatoms. The molecular weight excluding hydrogens is 381 g/mol. The summed E-state index contributed by atoms with van der Waals surface area (Å²) >= 11 is 0. The summed E-state index contributed by atoms with van der Waals surface area (Å²) in [7, 11) is -2.02. The van der Waals surface area contributed by atoms with E-state index in [-0.39, 0.29) is 23.0 Å². The van der Waals surface area contributed by atoms with E-state index in [9.17, 15) is 17.6 Å². The summed E-state index contributed by atoms with van der Waals surface area (Å²) in [6.45, 7) is 0.790. The first-order valence-electron chi connectivity index (χ1n) is 9.03. The zero-order valence-corrected chi connectivity index (χ0v) is 16.4. The van der Waals surface area contributed by atoms with Crippen molar-refractivity contribution in [2.75, 3.05) is 18.9 Å². The average Bonchev–Trinajstić information content (AvgIpc) is 3.05. The highest BCUT2D eigenvalue weighted by molar-refractivity contribution is 7.90. The van der Waals surface area contributed by atoms with Crippen molar-refractivity contribution < 1.29 is 17.6 Å². The van der Waals surface area contributed by atoms with Crippen LogP contribution in [0.1, 0.15) is 24.8 Å². The Bertz CT molecular complexity index is 988. The molecule has 28 heavy (non-hydrogen) atoms. The molecule has 1 saturated heterocycles. The highest BCUT2D eigenvalue weighted by Gasteiger charge is 2.20. The SMILES string of the molecule is CN1CCC/C1=N/S(=O)(=O)c1cccc(NC(=O)CCc2ccc(F)cc2)c1. The standard InChI is InChI=1S/C20H22FN3O3S/c1-24-13-3-6-19(24)23-28(26,27)18-5-2-4-17(14-18)22-20(25)12-9-15-7-10-16(21)11-8-15/h2,4-5,7-8,10-11,14H,3,6,9,12-13H2,1H3,(H,22,25)/b23-19-. The fraction of sp³-hybridized carbons (Fsp3) is 0.300.